The molecule has 1 aromatic carbocycles. The van der Waals surface area contributed by atoms with Crippen molar-refractivity contribution in [2.24, 2.45) is 4.99 Å². The summed E-state index contributed by atoms with van der Waals surface area (Å²) < 4.78 is 10.5. The Morgan fingerprint density at radius 1 is 1.06 bits per heavy atom. The van der Waals surface area contributed by atoms with E-state index in [-0.39, 0.29) is 0 Å². The molecular formula is C13H19N3O2. The Morgan fingerprint density at radius 3 is 2.28 bits per heavy atom. The average molecular weight is 249 g/mol. The van der Waals surface area contributed by atoms with E-state index in [2.05, 4.69) is 14.8 Å². The van der Waals surface area contributed by atoms with Crippen molar-refractivity contribution in [1.82, 2.24) is 9.80 Å². The molecule has 0 amide bonds. The van der Waals surface area contributed by atoms with Gasteiger partial charge in [0.1, 0.15) is 17.2 Å². The fourth-order valence-electron chi connectivity index (χ4n) is 1.95. The van der Waals surface area contributed by atoms with Gasteiger partial charge in [0.2, 0.25) is 5.96 Å². The molecule has 0 radical (unpaired) electrons. The summed E-state index contributed by atoms with van der Waals surface area (Å²) >= 11 is 0. The molecule has 1 aromatic rings. The van der Waals surface area contributed by atoms with Crippen LogP contribution in [-0.2, 0) is 0 Å². The second kappa shape index (κ2) is 5.16. The molecule has 1 aliphatic rings. The molecule has 0 saturated carbocycles. The van der Waals surface area contributed by atoms with Crippen LogP contribution in [0.2, 0.25) is 0 Å². The van der Waals surface area contributed by atoms with Crippen LogP contribution in [0.15, 0.2) is 23.2 Å². The van der Waals surface area contributed by atoms with Crippen molar-refractivity contribution in [3.8, 4) is 11.5 Å². The Morgan fingerprint density at radius 2 is 1.72 bits per heavy atom. The van der Waals surface area contributed by atoms with Crippen LogP contribution in [0.5, 0.6) is 11.5 Å². The van der Waals surface area contributed by atoms with E-state index in [4.69, 9.17) is 9.47 Å². The van der Waals surface area contributed by atoms with Gasteiger partial charge in [0.25, 0.3) is 0 Å². The Kier molecular flexibility index (Phi) is 3.60. The number of aliphatic imine (C=N–C) groups is 1. The normalized spacial score (nSPS) is 15.0. The second-order valence-electron chi connectivity index (χ2n) is 4.29. The van der Waals surface area contributed by atoms with E-state index in [9.17, 15) is 0 Å². The van der Waals surface area contributed by atoms with Gasteiger partial charge in [-0.3, -0.25) is 0 Å². The molecule has 1 heterocycles. The van der Waals surface area contributed by atoms with E-state index in [0.29, 0.717) is 0 Å². The highest BCUT2D eigenvalue weighted by Gasteiger charge is 2.20. The van der Waals surface area contributed by atoms with E-state index in [1.54, 1.807) is 14.2 Å². The van der Waals surface area contributed by atoms with Crippen LogP contribution >= 0.6 is 0 Å². The van der Waals surface area contributed by atoms with Gasteiger partial charge in [-0.15, -0.1) is 0 Å². The zero-order chi connectivity index (χ0) is 13.1. The third kappa shape index (κ3) is 2.34. The fourth-order valence-corrected chi connectivity index (χ4v) is 1.95. The molecule has 18 heavy (non-hydrogen) atoms. The molecule has 5 nitrogen and oxygen atoms in total. The van der Waals surface area contributed by atoms with Crippen LogP contribution in [0.3, 0.4) is 0 Å². The van der Waals surface area contributed by atoms with Crippen molar-refractivity contribution in [2.75, 3.05) is 41.4 Å². The lowest BCUT2D eigenvalue weighted by Gasteiger charge is -2.16. The minimum atomic E-state index is 0.718. The molecule has 0 N–H and O–H groups in total. The van der Waals surface area contributed by atoms with Crippen molar-refractivity contribution in [2.45, 2.75) is 0 Å². The monoisotopic (exact) mass is 249 g/mol. The fraction of sp³-hybridized carbons (Fsp3) is 0.462. The van der Waals surface area contributed by atoms with E-state index >= 15 is 0 Å². The van der Waals surface area contributed by atoms with Crippen LogP contribution in [-0.4, -0.2) is 57.2 Å². The molecule has 1 fully saturated rings. The zero-order valence-corrected chi connectivity index (χ0v) is 11.3. The van der Waals surface area contributed by atoms with Crippen LogP contribution in [0, 0.1) is 0 Å². The van der Waals surface area contributed by atoms with E-state index in [0.717, 1.165) is 36.2 Å². The summed E-state index contributed by atoms with van der Waals surface area (Å²) in [6.45, 7) is 1.99. The van der Waals surface area contributed by atoms with Crippen LogP contribution in [0.4, 0.5) is 5.69 Å². The molecule has 0 aliphatic carbocycles. The predicted molar refractivity (Wildman–Crippen MR) is 71.9 cm³/mol. The molecule has 0 unspecified atom stereocenters. The maximum atomic E-state index is 5.34. The quantitative estimate of drug-likeness (QED) is 0.815. The van der Waals surface area contributed by atoms with E-state index in [1.165, 1.54) is 0 Å². The number of methoxy groups -OCH3 is 2. The van der Waals surface area contributed by atoms with Gasteiger partial charge >= 0.3 is 0 Å². The molecule has 98 valence electrons. The molecule has 1 aliphatic heterocycles. The van der Waals surface area contributed by atoms with Gasteiger partial charge in [-0.2, -0.15) is 0 Å². The summed E-state index contributed by atoms with van der Waals surface area (Å²) in [5.41, 5.74) is 0.814. The lowest BCUT2D eigenvalue weighted by atomic mass is 10.3. The van der Waals surface area contributed by atoms with Gasteiger partial charge in [-0.25, -0.2) is 4.99 Å². The van der Waals surface area contributed by atoms with Gasteiger partial charge < -0.3 is 19.3 Å². The standard InChI is InChI=1S/C13H19N3O2/c1-15-7-8-16(2)13(15)14-11-6-5-10(17-3)9-12(11)18-4/h5-6,9H,7-8H2,1-4H3. The van der Waals surface area contributed by atoms with Crippen molar-refractivity contribution in [3.63, 3.8) is 0 Å². The lowest BCUT2D eigenvalue weighted by molar-refractivity contribution is 0.395. The molecule has 0 bridgehead atoms. The van der Waals surface area contributed by atoms with Crippen molar-refractivity contribution < 1.29 is 9.47 Å². The largest absolute Gasteiger partial charge is 0.497 e. The summed E-state index contributed by atoms with van der Waals surface area (Å²) in [4.78, 5) is 8.91. The van der Waals surface area contributed by atoms with E-state index < -0.39 is 0 Å². The number of ether oxygens (including phenoxy) is 2. The Labute approximate surface area is 108 Å². The molecular weight excluding hydrogens is 230 g/mol. The van der Waals surface area contributed by atoms with Gasteiger partial charge in [-0.1, -0.05) is 0 Å². The molecule has 0 spiro atoms. The maximum Gasteiger partial charge on any atom is 0.201 e. The average Bonchev–Trinajstić information content (AvgIpc) is 2.71. The highest BCUT2D eigenvalue weighted by molar-refractivity contribution is 5.85. The molecule has 1 saturated heterocycles. The SMILES string of the molecule is COc1ccc(N=C2N(C)CCN2C)c(OC)c1. The number of likely N-dealkylation sites (N-methyl/N-ethyl adjacent to an activating group) is 2. The smallest absolute Gasteiger partial charge is 0.201 e. The molecule has 2 rings (SSSR count). The lowest BCUT2D eigenvalue weighted by Crippen LogP contribution is -2.27. The van der Waals surface area contributed by atoms with Crippen molar-refractivity contribution >= 4 is 11.6 Å². The van der Waals surface area contributed by atoms with Gasteiger partial charge in [0.15, 0.2) is 0 Å². The summed E-state index contributed by atoms with van der Waals surface area (Å²) in [5, 5.41) is 0. The number of hydrogen-bond acceptors (Lipinski definition) is 3. The number of rotatable bonds is 3. The number of guanidine groups is 1. The van der Waals surface area contributed by atoms with Crippen molar-refractivity contribution in [3.05, 3.63) is 18.2 Å². The first-order chi connectivity index (χ1) is 8.65. The molecule has 0 atom stereocenters. The third-order valence-electron chi connectivity index (χ3n) is 3.06. The first-order valence-corrected chi connectivity index (χ1v) is 5.88. The zero-order valence-electron chi connectivity index (χ0n) is 11.3. The van der Waals surface area contributed by atoms with Gasteiger partial charge in [0.05, 0.1) is 14.2 Å². The molecule has 5 heteroatoms. The Hall–Kier alpha value is -1.91. The number of benzene rings is 1. The maximum absolute atomic E-state index is 5.34. The minimum Gasteiger partial charge on any atom is -0.497 e. The Balaban J connectivity index is 2.36. The number of hydrogen-bond donors (Lipinski definition) is 0. The minimum absolute atomic E-state index is 0.718. The van der Waals surface area contributed by atoms with E-state index in [1.807, 2.05) is 32.3 Å². The van der Waals surface area contributed by atoms with Gasteiger partial charge in [-0.05, 0) is 12.1 Å². The van der Waals surface area contributed by atoms with Crippen LogP contribution in [0.1, 0.15) is 0 Å². The Bertz CT molecular complexity index is 448. The second-order valence-corrected chi connectivity index (χ2v) is 4.29. The third-order valence-corrected chi connectivity index (χ3v) is 3.06. The summed E-state index contributed by atoms with van der Waals surface area (Å²) in [7, 11) is 7.36. The first-order valence-electron chi connectivity index (χ1n) is 5.88. The summed E-state index contributed by atoms with van der Waals surface area (Å²) in [6.07, 6.45) is 0. The topological polar surface area (TPSA) is 37.3 Å². The number of nitrogens with zero attached hydrogens (tertiary/aromatic N) is 3. The molecule has 0 aromatic heterocycles. The summed E-state index contributed by atoms with van der Waals surface area (Å²) in [5.74, 6) is 2.44. The highest BCUT2D eigenvalue weighted by atomic mass is 16.5. The van der Waals surface area contributed by atoms with Gasteiger partial charge in [0, 0.05) is 33.3 Å². The van der Waals surface area contributed by atoms with Crippen LogP contribution in [0.25, 0.3) is 0 Å². The highest BCUT2D eigenvalue weighted by Crippen LogP contribution is 2.32. The predicted octanol–water partition coefficient (Wildman–Crippen LogP) is 1.57. The van der Waals surface area contributed by atoms with Crippen molar-refractivity contribution in [1.29, 1.82) is 0 Å². The first kappa shape index (κ1) is 12.5. The summed E-state index contributed by atoms with van der Waals surface area (Å²) in [6, 6.07) is 5.63. The van der Waals surface area contributed by atoms with Crippen LogP contribution < -0.4 is 9.47 Å².